The number of rotatable bonds is 12. The minimum atomic E-state index is -0.226. The number of phenolic OH excluding ortho intramolecular Hbond substituents is 1. The van der Waals surface area contributed by atoms with Gasteiger partial charge in [0.1, 0.15) is 23.9 Å². The van der Waals surface area contributed by atoms with Crippen LogP contribution in [0.15, 0.2) is 66.7 Å². The van der Waals surface area contributed by atoms with Gasteiger partial charge in [-0.1, -0.05) is 38.5 Å². The van der Waals surface area contributed by atoms with Gasteiger partial charge in [0.05, 0.1) is 6.04 Å². The van der Waals surface area contributed by atoms with Gasteiger partial charge in [-0.05, 0) is 104 Å². The fourth-order valence-corrected chi connectivity index (χ4v) is 5.13. The number of hydrogen-bond donors (Lipinski definition) is 1. The van der Waals surface area contributed by atoms with Gasteiger partial charge in [-0.15, -0.1) is 0 Å². The molecule has 1 heterocycles. The van der Waals surface area contributed by atoms with Gasteiger partial charge < -0.3 is 14.7 Å². The molecule has 192 valence electrons. The highest BCUT2D eigenvalue weighted by atomic mass is 19.1. The summed E-state index contributed by atoms with van der Waals surface area (Å²) in [6.07, 6.45) is 5.27. The van der Waals surface area contributed by atoms with Gasteiger partial charge in [-0.3, -0.25) is 4.90 Å². The monoisotopic (exact) mass is 490 g/mol. The van der Waals surface area contributed by atoms with Crippen molar-refractivity contribution in [3.8, 4) is 11.5 Å². The van der Waals surface area contributed by atoms with E-state index in [9.17, 15) is 9.50 Å². The van der Waals surface area contributed by atoms with Gasteiger partial charge in [-0.25, -0.2) is 4.39 Å². The molecule has 0 saturated carbocycles. The van der Waals surface area contributed by atoms with Crippen LogP contribution in [0.4, 0.5) is 10.1 Å². The van der Waals surface area contributed by atoms with E-state index in [0.717, 1.165) is 56.9 Å². The molecule has 0 aliphatic carbocycles. The molecule has 0 bridgehead atoms. The highest BCUT2D eigenvalue weighted by Gasteiger charge is 2.28. The zero-order chi connectivity index (χ0) is 25.3. The Kier molecular flexibility index (Phi) is 9.23. The first-order chi connectivity index (χ1) is 17.6. The molecule has 1 unspecified atom stereocenters. The predicted molar refractivity (Wildman–Crippen MR) is 146 cm³/mol. The molecule has 1 atom stereocenters. The van der Waals surface area contributed by atoms with Crippen molar-refractivity contribution in [3.63, 3.8) is 0 Å². The van der Waals surface area contributed by atoms with Gasteiger partial charge in [0, 0.05) is 18.8 Å². The zero-order valence-electron chi connectivity index (χ0n) is 21.6. The molecule has 36 heavy (non-hydrogen) atoms. The number of ether oxygens (including phenoxy) is 1. The molecule has 3 aromatic rings. The van der Waals surface area contributed by atoms with E-state index in [1.807, 2.05) is 24.3 Å². The van der Waals surface area contributed by atoms with Gasteiger partial charge in [-0.2, -0.15) is 0 Å². The number of aromatic hydroxyl groups is 1. The van der Waals surface area contributed by atoms with Crippen LogP contribution in [0, 0.1) is 5.82 Å². The lowest BCUT2D eigenvalue weighted by Crippen LogP contribution is -2.36. The number of unbranched alkanes of at least 4 members (excludes halogenated alkanes) is 1. The molecule has 1 aliphatic heterocycles. The van der Waals surface area contributed by atoms with Crippen LogP contribution in [0.1, 0.15) is 55.8 Å². The van der Waals surface area contributed by atoms with Gasteiger partial charge in [0.2, 0.25) is 0 Å². The van der Waals surface area contributed by atoms with E-state index in [-0.39, 0.29) is 11.9 Å². The van der Waals surface area contributed by atoms with Gasteiger partial charge in [0.25, 0.3) is 0 Å². The molecule has 0 amide bonds. The summed E-state index contributed by atoms with van der Waals surface area (Å²) in [5.74, 6) is 0.975. The van der Waals surface area contributed by atoms with E-state index in [2.05, 4.69) is 47.9 Å². The third-order valence-electron chi connectivity index (χ3n) is 7.04. The van der Waals surface area contributed by atoms with E-state index in [0.29, 0.717) is 12.4 Å². The molecule has 3 aromatic carbocycles. The third kappa shape index (κ3) is 6.79. The minimum Gasteiger partial charge on any atom is -0.508 e. The summed E-state index contributed by atoms with van der Waals surface area (Å²) in [6.45, 7) is 9.18. The molecule has 0 radical (unpaired) electrons. The Morgan fingerprint density at radius 1 is 0.944 bits per heavy atom. The predicted octanol–water partition coefficient (Wildman–Crippen LogP) is 6.77. The lowest BCUT2D eigenvalue weighted by Gasteiger charge is -2.39. The maximum atomic E-state index is 13.6. The summed E-state index contributed by atoms with van der Waals surface area (Å²) in [7, 11) is 0. The highest BCUT2D eigenvalue weighted by molar-refractivity contribution is 5.53. The first kappa shape index (κ1) is 26.0. The van der Waals surface area contributed by atoms with E-state index in [1.165, 1.54) is 41.7 Å². The minimum absolute atomic E-state index is 0.104. The van der Waals surface area contributed by atoms with E-state index in [1.54, 1.807) is 6.07 Å². The van der Waals surface area contributed by atoms with Crippen molar-refractivity contribution in [2.24, 2.45) is 0 Å². The fraction of sp³-hybridized carbons (Fsp3) is 0.419. The number of halogens is 1. The average Bonchev–Trinajstić information content (AvgIpc) is 2.89. The van der Waals surface area contributed by atoms with E-state index in [4.69, 9.17) is 4.74 Å². The SMILES string of the molecule is CCCCN(CCC)CCOc1ccc(CC2c3ccc(O)cc3CCN2c2ccc(F)cc2)cc1. The van der Waals surface area contributed by atoms with Crippen LogP contribution in [0.3, 0.4) is 0 Å². The Morgan fingerprint density at radius 3 is 2.44 bits per heavy atom. The van der Waals surface area contributed by atoms with Crippen molar-refractivity contribution in [1.29, 1.82) is 0 Å². The summed E-state index contributed by atoms with van der Waals surface area (Å²) in [4.78, 5) is 4.84. The van der Waals surface area contributed by atoms with Gasteiger partial charge >= 0.3 is 0 Å². The Balaban J connectivity index is 1.44. The first-order valence-electron chi connectivity index (χ1n) is 13.4. The zero-order valence-corrected chi connectivity index (χ0v) is 21.6. The second-order valence-electron chi connectivity index (χ2n) is 9.71. The van der Waals surface area contributed by atoms with Crippen molar-refractivity contribution >= 4 is 5.69 Å². The molecular weight excluding hydrogens is 451 g/mol. The summed E-state index contributed by atoms with van der Waals surface area (Å²) in [5, 5.41) is 10.0. The number of phenols is 1. The van der Waals surface area contributed by atoms with Crippen molar-refractivity contribution in [1.82, 2.24) is 4.90 Å². The molecular formula is C31H39FN2O2. The molecule has 0 aromatic heterocycles. The smallest absolute Gasteiger partial charge is 0.123 e. The number of benzene rings is 3. The maximum absolute atomic E-state index is 13.6. The van der Waals surface area contributed by atoms with Crippen molar-refractivity contribution < 1.29 is 14.2 Å². The quantitative estimate of drug-likeness (QED) is 0.304. The Hall–Kier alpha value is -3.05. The number of fused-ring (bicyclic) bond motifs is 1. The second kappa shape index (κ2) is 12.8. The lowest BCUT2D eigenvalue weighted by atomic mass is 9.88. The molecule has 1 N–H and O–H groups in total. The standard InChI is InChI=1S/C31H39FN2O2/c1-3-5-18-33(17-4-2)20-21-36-29-13-6-24(7-14-29)22-31-30-15-12-28(35)23-25(30)16-19-34(31)27-10-8-26(32)9-11-27/h6-15,23,31,35H,3-5,16-22H2,1-2H3. The van der Waals surface area contributed by atoms with Crippen molar-refractivity contribution in [2.45, 2.75) is 52.0 Å². The van der Waals surface area contributed by atoms with Crippen LogP contribution in [-0.4, -0.2) is 42.8 Å². The topological polar surface area (TPSA) is 35.9 Å². The van der Waals surface area contributed by atoms with E-state index >= 15 is 0 Å². The summed E-state index contributed by atoms with van der Waals surface area (Å²) < 4.78 is 19.6. The molecule has 0 saturated heterocycles. The summed E-state index contributed by atoms with van der Waals surface area (Å²) >= 11 is 0. The van der Waals surface area contributed by atoms with Crippen LogP contribution >= 0.6 is 0 Å². The first-order valence-corrected chi connectivity index (χ1v) is 13.4. The molecule has 0 spiro atoms. The van der Waals surface area contributed by atoms with Crippen LogP contribution in [-0.2, 0) is 12.8 Å². The molecule has 4 nitrogen and oxygen atoms in total. The third-order valence-corrected chi connectivity index (χ3v) is 7.04. The van der Waals surface area contributed by atoms with Crippen molar-refractivity contribution in [3.05, 3.63) is 89.2 Å². The fourth-order valence-electron chi connectivity index (χ4n) is 5.13. The molecule has 4 rings (SSSR count). The number of anilines is 1. The Morgan fingerprint density at radius 2 is 1.72 bits per heavy atom. The molecule has 5 heteroatoms. The summed E-state index contributed by atoms with van der Waals surface area (Å²) in [6, 6.07) is 21.0. The largest absolute Gasteiger partial charge is 0.508 e. The summed E-state index contributed by atoms with van der Waals surface area (Å²) in [5.41, 5.74) is 4.63. The lowest BCUT2D eigenvalue weighted by molar-refractivity contribution is 0.206. The number of hydrogen-bond acceptors (Lipinski definition) is 4. The average molecular weight is 491 g/mol. The normalized spacial score (nSPS) is 15.2. The van der Waals surface area contributed by atoms with Crippen molar-refractivity contribution in [2.75, 3.05) is 37.7 Å². The van der Waals surface area contributed by atoms with Crippen LogP contribution in [0.2, 0.25) is 0 Å². The van der Waals surface area contributed by atoms with Crippen LogP contribution < -0.4 is 9.64 Å². The molecule has 0 fully saturated rings. The Labute approximate surface area is 215 Å². The van der Waals surface area contributed by atoms with Crippen LogP contribution in [0.5, 0.6) is 11.5 Å². The van der Waals surface area contributed by atoms with E-state index < -0.39 is 0 Å². The highest BCUT2D eigenvalue weighted by Crippen LogP contribution is 2.37. The maximum Gasteiger partial charge on any atom is 0.123 e. The number of nitrogens with zero attached hydrogens (tertiary/aromatic N) is 2. The molecule has 1 aliphatic rings. The second-order valence-corrected chi connectivity index (χ2v) is 9.71. The van der Waals surface area contributed by atoms with Crippen LogP contribution in [0.25, 0.3) is 0 Å². The van der Waals surface area contributed by atoms with Gasteiger partial charge in [0.15, 0.2) is 0 Å². The Bertz CT molecular complexity index is 1080.